The van der Waals surface area contributed by atoms with Gasteiger partial charge in [-0.25, -0.2) is 0 Å². The van der Waals surface area contributed by atoms with E-state index in [0.29, 0.717) is 27.4 Å². The molecule has 0 aliphatic rings. The van der Waals surface area contributed by atoms with Crippen molar-refractivity contribution in [3.05, 3.63) is 82.5 Å². The Bertz CT molecular complexity index is 1140. The van der Waals surface area contributed by atoms with Gasteiger partial charge in [-0.1, -0.05) is 48.5 Å². The summed E-state index contributed by atoms with van der Waals surface area (Å²) in [4.78, 5) is 28.1. The lowest BCUT2D eigenvalue weighted by Crippen LogP contribution is -2.15. The highest BCUT2D eigenvalue weighted by molar-refractivity contribution is 6.11. The van der Waals surface area contributed by atoms with Gasteiger partial charge in [-0.3, -0.25) is 9.59 Å². The minimum absolute atomic E-state index is 0.110. The van der Waals surface area contributed by atoms with Crippen molar-refractivity contribution in [3.8, 4) is 11.1 Å². The molecule has 0 bridgehead atoms. The molecule has 0 radical (unpaired) electrons. The Kier molecular flexibility index (Phi) is 3.17. The molecule has 4 aromatic rings. The molecule has 1 aromatic heterocycles. The number of hydrogen-bond donors (Lipinski definition) is 2. The number of benzene rings is 3. The number of pyridine rings is 1. The zero-order valence-electron chi connectivity index (χ0n) is 12.7. The maximum absolute atomic E-state index is 13.1. The standard InChI is InChI=1S/C20H14N2O2/c21-20(24)15-11-10-13(12-6-2-1-3-7-12)17-18(15)22-16-9-5-4-8-14(16)19(17)23/h1-11H,(H2,21,24)(H,22,23). The van der Waals surface area contributed by atoms with Crippen LogP contribution in [0.2, 0.25) is 0 Å². The fourth-order valence-corrected chi connectivity index (χ4v) is 3.09. The van der Waals surface area contributed by atoms with Crippen LogP contribution < -0.4 is 11.2 Å². The molecule has 0 aliphatic heterocycles. The van der Waals surface area contributed by atoms with Gasteiger partial charge in [0.25, 0.3) is 5.91 Å². The van der Waals surface area contributed by atoms with Gasteiger partial charge in [-0.2, -0.15) is 0 Å². The van der Waals surface area contributed by atoms with Gasteiger partial charge in [-0.15, -0.1) is 0 Å². The molecule has 4 rings (SSSR count). The number of aromatic amines is 1. The van der Waals surface area contributed by atoms with Crippen LogP contribution in [0.25, 0.3) is 32.9 Å². The van der Waals surface area contributed by atoms with Crippen molar-refractivity contribution in [3.63, 3.8) is 0 Å². The van der Waals surface area contributed by atoms with Gasteiger partial charge in [0.2, 0.25) is 0 Å². The van der Waals surface area contributed by atoms with Gasteiger partial charge >= 0.3 is 0 Å². The minimum Gasteiger partial charge on any atom is -0.366 e. The van der Waals surface area contributed by atoms with Gasteiger partial charge in [0.05, 0.1) is 16.5 Å². The van der Waals surface area contributed by atoms with Gasteiger partial charge in [0.1, 0.15) is 0 Å². The van der Waals surface area contributed by atoms with Gasteiger partial charge in [-0.05, 0) is 29.3 Å². The Balaban J connectivity index is 2.24. The third kappa shape index (κ3) is 2.08. The van der Waals surface area contributed by atoms with Crippen LogP contribution in [0.5, 0.6) is 0 Å². The van der Waals surface area contributed by atoms with Crippen molar-refractivity contribution in [1.82, 2.24) is 4.98 Å². The predicted molar refractivity (Wildman–Crippen MR) is 96.0 cm³/mol. The highest BCUT2D eigenvalue weighted by Gasteiger charge is 2.16. The lowest BCUT2D eigenvalue weighted by atomic mass is 9.96. The topological polar surface area (TPSA) is 76.0 Å². The summed E-state index contributed by atoms with van der Waals surface area (Å²) in [6, 6.07) is 20.3. The largest absolute Gasteiger partial charge is 0.366 e. The number of para-hydroxylation sites is 1. The minimum atomic E-state index is -0.564. The highest BCUT2D eigenvalue weighted by Crippen LogP contribution is 2.29. The fourth-order valence-electron chi connectivity index (χ4n) is 3.09. The van der Waals surface area contributed by atoms with Crippen molar-refractivity contribution in [2.75, 3.05) is 0 Å². The second kappa shape index (κ2) is 5.35. The molecule has 0 spiro atoms. The predicted octanol–water partition coefficient (Wildman–Crippen LogP) is 3.45. The molecule has 0 fully saturated rings. The van der Waals surface area contributed by atoms with Crippen LogP contribution in [0.1, 0.15) is 10.4 Å². The van der Waals surface area contributed by atoms with E-state index in [0.717, 1.165) is 11.1 Å². The Morgan fingerprint density at radius 3 is 2.33 bits per heavy atom. The summed E-state index contributed by atoms with van der Waals surface area (Å²) in [6.07, 6.45) is 0. The first kappa shape index (κ1) is 14.2. The van der Waals surface area contributed by atoms with E-state index < -0.39 is 5.91 Å². The normalized spacial score (nSPS) is 11.0. The van der Waals surface area contributed by atoms with E-state index >= 15 is 0 Å². The van der Waals surface area contributed by atoms with Crippen molar-refractivity contribution in [2.24, 2.45) is 5.73 Å². The number of nitrogens with two attached hydrogens (primary N) is 1. The van der Waals surface area contributed by atoms with Crippen molar-refractivity contribution < 1.29 is 4.79 Å². The van der Waals surface area contributed by atoms with E-state index in [-0.39, 0.29) is 5.43 Å². The van der Waals surface area contributed by atoms with Crippen molar-refractivity contribution >= 4 is 27.7 Å². The molecular weight excluding hydrogens is 300 g/mol. The molecule has 0 unspecified atom stereocenters. The summed E-state index contributed by atoms with van der Waals surface area (Å²) in [5.74, 6) is -0.564. The first-order valence-corrected chi connectivity index (χ1v) is 7.60. The summed E-state index contributed by atoms with van der Waals surface area (Å²) >= 11 is 0. The third-order valence-corrected chi connectivity index (χ3v) is 4.21. The summed E-state index contributed by atoms with van der Waals surface area (Å²) in [5.41, 5.74) is 8.56. The molecule has 0 saturated carbocycles. The molecule has 4 nitrogen and oxygen atoms in total. The van der Waals surface area contributed by atoms with E-state index in [1.54, 1.807) is 18.2 Å². The number of fused-ring (bicyclic) bond motifs is 2. The van der Waals surface area contributed by atoms with Gasteiger partial charge in [0.15, 0.2) is 5.43 Å². The summed E-state index contributed by atoms with van der Waals surface area (Å²) in [7, 11) is 0. The second-order valence-electron chi connectivity index (χ2n) is 5.64. The lowest BCUT2D eigenvalue weighted by Gasteiger charge is -2.11. The van der Waals surface area contributed by atoms with Crippen molar-refractivity contribution in [2.45, 2.75) is 0 Å². The van der Waals surface area contributed by atoms with Gasteiger partial charge < -0.3 is 10.7 Å². The summed E-state index contributed by atoms with van der Waals surface area (Å²) < 4.78 is 0. The molecule has 4 heteroatoms. The summed E-state index contributed by atoms with van der Waals surface area (Å²) in [5, 5.41) is 1.07. The number of carbonyl (C=O) groups excluding carboxylic acids is 1. The molecule has 0 saturated heterocycles. The van der Waals surface area contributed by atoms with Gasteiger partial charge in [0, 0.05) is 10.9 Å². The number of primary amides is 1. The van der Waals surface area contributed by atoms with Crippen LogP contribution in [-0.4, -0.2) is 10.9 Å². The Hall–Kier alpha value is -3.40. The maximum Gasteiger partial charge on any atom is 0.250 e. The molecular formula is C20H14N2O2. The smallest absolute Gasteiger partial charge is 0.250 e. The average Bonchev–Trinajstić information content (AvgIpc) is 2.61. The molecule has 1 amide bonds. The Labute approximate surface area is 137 Å². The quantitative estimate of drug-likeness (QED) is 0.556. The molecule has 0 atom stereocenters. The van der Waals surface area contributed by atoms with Crippen LogP contribution in [0, 0.1) is 0 Å². The number of hydrogen-bond acceptors (Lipinski definition) is 2. The van der Waals surface area contributed by atoms with E-state index in [1.165, 1.54) is 0 Å². The Morgan fingerprint density at radius 1 is 0.875 bits per heavy atom. The SMILES string of the molecule is NC(=O)c1ccc(-c2ccccc2)c2c(=O)c3ccccc3[nH]c12. The summed E-state index contributed by atoms with van der Waals surface area (Å²) in [6.45, 7) is 0. The zero-order valence-corrected chi connectivity index (χ0v) is 12.7. The molecule has 116 valence electrons. The van der Waals surface area contributed by atoms with Crippen LogP contribution in [-0.2, 0) is 0 Å². The first-order valence-electron chi connectivity index (χ1n) is 7.60. The van der Waals surface area contributed by atoms with E-state index in [4.69, 9.17) is 5.73 Å². The maximum atomic E-state index is 13.1. The second-order valence-corrected chi connectivity index (χ2v) is 5.64. The highest BCUT2D eigenvalue weighted by atomic mass is 16.1. The van der Waals surface area contributed by atoms with Crippen LogP contribution in [0.15, 0.2) is 71.5 Å². The molecule has 1 heterocycles. The van der Waals surface area contributed by atoms with Crippen LogP contribution in [0.4, 0.5) is 0 Å². The Morgan fingerprint density at radius 2 is 1.58 bits per heavy atom. The lowest BCUT2D eigenvalue weighted by molar-refractivity contribution is 0.100. The average molecular weight is 314 g/mol. The number of carbonyl (C=O) groups is 1. The molecule has 3 N–H and O–H groups in total. The molecule has 24 heavy (non-hydrogen) atoms. The van der Waals surface area contributed by atoms with Crippen LogP contribution >= 0.6 is 0 Å². The number of nitrogens with one attached hydrogen (secondary N) is 1. The van der Waals surface area contributed by atoms with E-state index in [9.17, 15) is 9.59 Å². The van der Waals surface area contributed by atoms with Crippen LogP contribution in [0.3, 0.4) is 0 Å². The van der Waals surface area contributed by atoms with Crippen molar-refractivity contribution in [1.29, 1.82) is 0 Å². The number of amides is 1. The number of aromatic nitrogens is 1. The fraction of sp³-hybridized carbons (Fsp3) is 0. The molecule has 3 aromatic carbocycles. The zero-order chi connectivity index (χ0) is 16.7. The number of H-pyrrole nitrogens is 1. The van der Waals surface area contributed by atoms with E-state index in [1.807, 2.05) is 48.5 Å². The first-order chi connectivity index (χ1) is 11.7. The monoisotopic (exact) mass is 314 g/mol. The number of rotatable bonds is 2. The molecule has 0 aliphatic carbocycles. The van der Waals surface area contributed by atoms with E-state index in [2.05, 4.69) is 4.98 Å². The third-order valence-electron chi connectivity index (χ3n) is 4.21.